The largest absolute Gasteiger partial charge is 0.319 e. The second kappa shape index (κ2) is 10.4. The monoisotopic (exact) mass is 506 g/mol. The zero-order valence-corrected chi connectivity index (χ0v) is 21.0. The summed E-state index contributed by atoms with van der Waals surface area (Å²) >= 11 is 2.56. The van der Waals surface area contributed by atoms with E-state index in [2.05, 4.69) is 34.9 Å². The number of hydrogen-bond acceptors (Lipinski definition) is 8. The summed E-state index contributed by atoms with van der Waals surface area (Å²) in [6.07, 6.45) is 8.07. The lowest BCUT2D eigenvalue weighted by atomic mass is 9.61. The van der Waals surface area contributed by atoms with Gasteiger partial charge in [-0.05, 0) is 25.7 Å². The fourth-order valence-electron chi connectivity index (χ4n) is 6.23. The number of carbonyl (C=O) groups excluding carboxylic acids is 2. The molecular formula is C25H26N6O2S2. The molecule has 0 radical (unpaired) electrons. The fourth-order valence-corrected chi connectivity index (χ4v) is 8.54. The third-order valence-corrected chi connectivity index (χ3v) is 10.1. The van der Waals surface area contributed by atoms with Gasteiger partial charge in [-0.1, -0.05) is 62.0 Å². The van der Waals surface area contributed by atoms with Crippen molar-refractivity contribution in [2.24, 2.45) is 22.7 Å². The first-order valence-electron chi connectivity index (χ1n) is 11.9. The standard InChI is InChI=1S/C25H26N6O2S2/c26-11-16-20(32)30-22(18(13-28)24(16)7-3-1-4-8-24)34-15-35-23-19(14-29)25(9-5-2-6-10-25)17(12-27)21(33)31-23/h16-17H,1-10,15H2,(H,30,32)(H,31,33)/t16-,17-/m1/s1. The van der Waals surface area contributed by atoms with Gasteiger partial charge in [0.05, 0.1) is 50.6 Å². The maximum Gasteiger partial charge on any atom is 0.243 e. The Morgan fingerprint density at radius 1 is 0.686 bits per heavy atom. The summed E-state index contributed by atoms with van der Waals surface area (Å²) in [5.41, 5.74) is -0.576. The Morgan fingerprint density at radius 2 is 1.06 bits per heavy atom. The topological polar surface area (TPSA) is 153 Å². The van der Waals surface area contributed by atoms with E-state index < -0.39 is 22.7 Å². The van der Waals surface area contributed by atoms with Crippen LogP contribution in [0.15, 0.2) is 21.2 Å². The first-order chi connectivity index (χ1) is 17.0. The maximum absolute atomic E-state index is 12.8. The Labute approximate surface area is 213 Å². The van der Waals surface area contributed by atoms with Crippen LogP contribution in [0.3, 0.4) is 0 Å². The Hall–Kier alpha value is -2.92. The van der Waals surface area contributed by atoms with E-state index >= 15 is 0 Å². The van der Waals surface area contributed by atoms with Crippen LogP contribution in [0.1, 0.15) is 64.2 Å². The van der Waals surface area contributed by atoms with Crippen molar-refractivity contribution in [1.29, 1.82) is 21.0 Å². The highest BCUT2D eigenvalue weighted by molar-refractivity contribution is 8.19. The molecule has 10 heteroatoms. The summed E-state index contributed by atoms with van der Waals surface area (Å²) in [5, 5.41) is 46.3. The summed E-state index contributed by atoms with van der Waals surface area (Å²) in [7, 11) is 0. The summed E-state index contributed by atoms with van der Waals surface area (Å²) < 4.78 is 0. The number of amides is 2. The van der Waals surface area contributed by atoms with E-state index in [1.54, 1.807) is 0 Å². The van der Waals surface area contributed by atoms with Crippen LogP contribution in [0.25, 0.3) is 0 Å². The van der Waals surface area contributed by atoms with Crippen molar-refractivity contribution >= 4 is 35.3 Å². The average Bonchev–Trinajstić information content (AvgIpc) is 2.85. The first-order valence-corrected chi connectivity index (χ1v) is 13.9. The normalized spacial score (nSPS) is 27.3. The molecule has 0 aromatic heterocycles. The van der Waals surface area contributed by atoms with Gasteiger partial charge in [0.15, 0.2) is 0 Å². The lowest BCUT2D eigenvalue weighted by molar-refractivity contribution is -0.127. The van der Waals surface area contributed by atoms with Crippen LogP contribution in [0.4, 0.5) is 0 Å². The van der Waals surface area contributed by atoms with Crippen LogP contribution in [0, 0.1) is 68.0 Å². The van der Waals surface area contributed by atoms with Gasteiger partial charge in [0.2, 0.25) is 11.8 Å². The van der Waals surface area contributed by atoms with E-state index in [0.717, 1.165) is 38.5 Å². The molecule has 0 aromatic rings. The number of nitriles is 4. The number of nitrogens with one attached hydrogen (secondary N) is 2. The minimum atomic E-state index is -0.880. The van der Waals surface area contributed by atoms with Crippen molar-refractivity contribution in [2.45, 2.75) is 64.2 Å². The average molecular weight is 507 g/mol. The number of allylic oxidation sites excluding steroid dienone is 2. The first kappa shape index (κ1) is 25.2. The van der Waals surface area contributed by atoms with Gasteiger partial charge >= 0.3 is 0 Å². The number of rotatable bonds is 4. The molecule has 0 bridgehead atoms. The number of thioether (sulfide) groups is 2. The zero-order valence-electron chi connectivity index (χ0n) is 19.4. The van der Waals surface area contributed by atoms with E-state index in [4.69, 9.17) is 0 Å². The molecular weight excluding hydrogens is 480 g/mol. The summed E-state index contributed by atoms with van der Waals surface area (Å²) in [6.45, 7) is 0. The van der Waals surface area contributed by atoms with Crippen LogP contribution in [-0.4, -0.2) is 16.9 Å². The predicted octanol–water partition coefficient (Wildman–Crippen LogP) is 4.32. The molecule has 4 rings (SSSR count). The molecule has 2 fully saturated rings. The quantitative estimate of drug-likeness (QED) is 0.534. The van der Waals surface area contributed by atoms with E-state index in [1.807, 2.05) is 0 Å². The minimum Gasteiger partial charge on any atom is -0.319 e. The highest BCUT2D eigenvalue weighted by Crippen LogP contribution is 2.54. The van der Waals surface area contributed by atoms with Crippen molar-refractivity contribution in [1.82, 2.24) is 10.6 Å². The van der Waals surface area contributed by atoms with Gasteiger partial charge in [-0.2, -0.15) is 21.0 Å². The van der Waals surface area contributed by atoms with Gasteiger partial charge in [-0.15, -0.1) is 0 Å². The molecule has 2 atom stereocenters. The summed E-state index contributed by atoms with van der Waals surface area (Å²) in [4.78, 5) is 25.6. The van der Waals surface area contributed by atoms with Crippen molar-refractivity contribution < 1.29 is 9.59 Å². The van der Waals surface area contributed by atoms with Crippen LogP contribution < -0.4 is 10.6 Å². The summed E-state index contributed by atoms with van der Waals surface area (Å²) in [5.74, 6) is -2.51. The minimum absolute atomic E-state index is 0.349. The second-order valence-electron chi connectivity index (χ2n) is 9.57. The number of carbonyl (C=O) groups is 2. The SMILES string of the molecule is N#CC1=C(SCSC2=C(C#N)C3(CCCCC3)[C@H](C#N)C(=O)N2)NC(=O)[C@@H](C#N)C12CCCCC2. The van der Waals surface area contributed by atoms with Crippen molar-refractivity contribution in [3.63, 3.8) is 0 Å². The lowest BCUT2D eigenvalue weighted by Gasteiger charge is -2.43. The third-order valence-electron chi connectivity index (χ3n) is 7.93. The molecule has 8 nitrogen and oxygen atoms in total. The third kappa shape index (κ3) is 4.20. The number of nitrogens with zero attached hydrogens (tertiary/aromatic N) is 4. The fraction of sp³-hybridized carbons (Fsp3) is 0.600. The predicted molar refractivity (Wildman–Crippen MR) is 131 cm³/mol. The molecule has 0 aromatic carbocycles. The molecule has 2 amide bonds. The molecule has 2 aliphatic heterocycles. The molecule has 0 unspecified atom stereocenters. The van der Waals surface area contributed by atoms with E-state index in [1.165, 1.54) is 23.5 Å². The molecule has 35 heavy (non-hydrogen) atoms. The second-order valence-corrected chi connectivity index (χ2v) is 11.9. The van der Waals surface area contributed by atoms with E-state index in [0.29, 0.717) is 52.0 Å². The molecule has 2 saturated carbocycles. The van der Waals surface area contributed by atoms with Crippen LogP contribution in [-0.2, 0) is 9.59 Å². The molecule has 180 valence electrons. The zero-order chi connectivity index (χ0) is 25.1. The maximum atomic E-state index is 12.8. The molecule has 2 N–H and O–H groups in total. The molecule has 0 saturated heterocycles. The van der Waals surface area contributed by atoms with Crippen LogP contribution in [0.2, 0.25) is 0 Å². The smallest absolute Gasteiger partial charge is 0.243 e. The van der Waals surface area contributed by atoms with Crippen molar-refractivity contribution in [3.05, 3.63) is 21.2 Å². The van der Waals surface area contributed by atoms with Gasteiger partial charge in [-0.25, -0.2) is 0 Å². The van der Waals surface area contributed by atoms with Crippen molar-refractivity contribution in [2.75, 3.05) is 5.08 Å². The van der Waals surface area contributed by atoms with Crippen LogP contribution >= 0.6 is 23.5 Å². The van der Waals surface area contributed by atoms with Gasteiger partial charge < -0.3 is 10.6 Å². The van der Waals surface area contributed by atoms with E-state index in [9.17, 15) is 30.6 Å². The Kier molecular flexibility index (Phi) is 7.46. The highest BCUT2D eigenvalue weighted by atomic mass is 32.2. The van der Waals surface area contributed by atoms with Crippen LogP contribution in [0.5, 0.6) is 0 Å². The number of hydrogen-bond donors (Lipinski definition) is 2. The molecule has 2 aliphatic carbocycles. The van der Waals surface area contributed by atoms with Gasteiger partial charge in [0.25, 0.3) is 0 Å². The molecule has 4 aliphatic rings. The summed E-state index contributed by atoms with van der Waals surface area (Å²) in [6, 6.07) is 8.85. The Balaban J connectivity index is 1.61. The Morgan fingerprint density at radius 3 is 1.37 bits per heavy atom. The molecule has 2 spiro atoms. The lowest BCUT2D eigenvalue weighted by Crippen LogP contribution is -2.48. The van der Waals surface area contributed by atoms with Gasteiger partial charge in [0, 0.05) is 10.8 Å². The van der Waals surface area contributed by atoms with Gasteiger partial charge in [-0.3, -0.25) is 9.59 Å². The highest BCUT2D eigenvalue weighted by Gasteiger charge is 2.53. The Bertz CT molecular complexity index is 1060. The van der Waals surface area contributed by atoms with Crippen molar-refractivity contribution in [3.8, 4) is 24.3 Å². The van der Waals surface area contributed by atoms with Gasteiger partial charge in [0.1, 0.15) is 11.8 Å². The van der Waals surface area contributed by atoms with E-state index in [-0.39, 0.29) is 11.8 Å². The molecule has 2 heterocycles.